The molecule has 0 heterocycles. The molecule has 0 aliphatic heterocycles. The predicted molar refractivity (Wildman–Crippen MR) is 618 cm³/mol. The minimum Gasteiger partial charge on any atom is -0.0619 e. The van der Waals surface area contributed by atoms with E-state index < -0.39 is 39.8 Å². The number of hydrogen-bond acceptors (Lipinski definition) is 0. The van der Waals surface area contributed by atoms with Gasteiger partial charge in [-0.1, -0.05) is 48.5 Å². The Morgan fingerprint density at radius 2 is 0.366 bits per heavy atom. The molecule has 142 heavy (non-hydrogen) atoms. The van der Waals surface area contributed by atoms with Crippen LogP contribution in [0.2, 0.25) is 0 Å². The van der Waals surface area contributed by atoms with Crippen LogP contribution in [0.1, 0.15) is 141 Å². The first-order valence-corrected chi connectivity index (χ1v) is 66.5. The number of hydrogen-bond donors (Lipinski definition) is 0. The predicted octanol–water partition coefficient (Wildman–Crippen LogP) is 32.4. The van der Waals surface area contributed by atoms with Gasteiger partial charge in [-0.3, -0.25) is 0 Å². The molecule has 0 bridgehead atoms. The summed E-state index contributed by atoms with van der Waals surface area (Å²) in [6.07, 6.45) is 5.12. The van der Waals surface area contributed by atoms with E-state index in [2.05, 4.69) is 589 Å². The molecule has 0 amide bonds. The molecule has 0 saturated heterocycles. The maximum absolute atomic E-state index is 4.06. The molecule has 0 saturated carbocycles. The Bertz CT molecular complexity index is 7450. The molecule has 0 radical (unpaired) electrons. The summed E-state index contributed by atoms with van der Waals surface area (Å²) in [5.74, 6) is 0. The van der Waals surface area contributed by atoms with E-state index in [1.165, 1.54) is 173 Å². The van der Waals surface area contributed by atoms with Crippen LogP contribution >= 0.6 is 63.7 Å². The van der Waals surface area contributed by atoms with Crippen LogP contribution in [0, 0.1) is 0 Å². The van der Waals surface area contributed by atoms with Crippen LogP contribution in [0.25, 0.3) is 77.9 Å². The van der Waals surface area contributed by atoms with Crippen molar-refractivity contribution in [3.63, 3.8) is 0 Å². The number of benzene rings is 20. The topological polar surface area (TPSA) is 0 Å². The Morgan fingerprint density at radius 3 is 0.606 bits per heavy atom. The normalized spacial score (nSPS) is 14.6. The standard InChI is InChI=1S/C42H32Br4Ge.C42H36Ge.C38H28Ge.C13H10/c1-3-41(37-23-27(43)15-19-33(37)34-20-16-28(44)24-38(34)41)47(31-11-7-5-8-12-31,32-13-9-6-10-14-32)42(4-2)39-25-29(45)17-21-35(39)36-22-18-30(46)26-40(36)42;1-3-41(37-27-15-11-23-33(37)34-24-12-16-28-38(34)41)43(31-19-7-5-8-20-31,32-21-9-6-10-22-32)42(4-2)39-29-17-13-25-35(39)36-26-14-18-30-40(36)42;1-3-15-27(16-4-1)39(28-17-5-2-6-18-28,37-33-23-11-7-19-29(33)30-20-8-12-24-34(30)37)38-35-25-13-9-21-31(35)32-22-10-14-26-36(32)38;1-3-7-12-10(5-1)9-11-6-2-4-8-13(11)12/h5-26H,3-4H2,1-2H3;5-30H,3-4H2,1-2H3;1-26,37-38H;1-8H,9H2. The molecular weight excluding hydrogens is 2160 g/mol. The van der Waals surface area contributed by atoms with E-state index >= 15 is 0 Å². The summed E-state index contributed by atoms with van der Waals surface area (Å²) >= 11 is 4.46. The summed E-state index contributed by atoms with van der Waals surface area (Å²) in [4.78, 5) is 0. The average molecular weight is 2270 g/mol. The molecule has 0 nitrogen and oxygen atoms in total. The fraction of sp³-hybridized carbons (Fsp3) is 0.111. The quantitative estimate of drug-likeness (QED) is 0.0846. The minimum atomic E-state index is -4.06. The summed E-state index contributed by atoms with van der Waals surface area (Å²) in [6.45, 7) is 9.85. The van der Waals surface area contributed by atoms with Crippen LogP contribution in [0.3, 0.4) is 0 Å². The molecule has 686 valence electrons. The molecule has 7 aliphatic rings. The molecule has 7 heteroatoms. The monoisotopic (exact) mass is 2260 g/mol. The molecule has 0 aromatic heterocycles. The molecule has 0 spiro atoms. The van der Waals surface area contributed by atoms with Crippen molar-refractivity contribution >= 4 is 130 Å². The molecule has 27 rings (SSSR count). The Morgan fingerprint density at radius 1 is 0.183 bits per heavy atom. The number of rotatable bonds is 16. The smallest absolute Gasteiger partial charge is 0.00135 e. The third kappa shape index (κ3) is 13.6. The Hall–Kier alpha value is -12.1. The fourth-order valence-electron chi connectivity index (χ4n) is 29.1. The van der Waals surface area contributed by atoms with Gasteiger partial charge in [0.15, 0.2) is 0 Å². The van der Waals surface area contributed by atoms with Gasteiger partial charge in [0.1, 0.15) is 0 Å². The number of fused-ring (bicyclic) bond motifs is 21. The minimum absolute atomic E-state index is 0.170. The Labute approximate surface area is 878 Å². The van der Waals surface area contributed by atoms with Gasteiger partial charge in [-0.15, -0.1) is 0 Å². The zero-order chi connectivity index (χ0) is 96.1. The third-order valence-corrected chi connectivity index (χ3v) is 75.9. The van der Waals surface area contributed by atoms with Gasteiger partial charge in [0.05, 0.1) is 0 Å². The van der Waals surface area contributed by atoms with E-state index in [9.17, 15) is 0 Å². The van der Waals surface area contributed by atoms with Crippen molar-refractivity contribution in [1.82, 2.24) is 0 Å². The SMILES string of the molecule is CC[C]1([Ge]([c]2ccccc2)([c]2ccccc2)[C]2(CC)c3cc(Br)ccc3-c3ccc(Br)cc32)c2cc(Br)ccc2-c2ccc(Br)cc21.CC[C]1([Ge]([c]2ccccc2)([c]2ccccc2)[C]2(CC)c3ccccc3-c3ccccc32)c2ccccc2-c2ccccc21.c1cc[c]([Ge]([c]2ccccc2)([CH]2c3ccccc3-c3ccccc32)[CH]2c3ccccc3-c3ccccc32)cc1.c1ccc2c(c1)Cc1ccccc1-2. The van der Waals surface area contributed by atoms with Gasteiger partial charge >= 0.3 is 810 Å². The van der Waals surface area contributed by atoms with Crippen molar-refractivity contribution in [3.8, 4) is 77.9 Å². The van der Waals surface area contributed by atoms with Gasteiger partial charge in [0.25, 0.3) is 0 Å². The fourth-order valence-corrected chi connectivity index (χ4v) is 77.5. The average Bonchev–Trinajstić information content (AvgIpc) is 1.41. The van der Waals surface area contributed by atoms with Gasteiger partial charge in [0, 0.05) is 0 Å². The third-order valence-electron chi connectivity index (χ3n) is 33.8. The van der Waals surface area contributed by atoms with Gasteiger partial charge in [-0.2, -0.15) is 0 Å². The van der Waals surface area contributed by atoms with Crippen molar-refractivity contribution in [2.75, 3.05) is 0 Å². The van der Waals surface area contributed by atoms with E-state index in [1.54, 1.807) is 8.79 Å². The largest absolute Gasteiger partial charge is 0.0619 e. The summed E-state index contributed by atoms with van der Waals surface area (Å²) in [7, 11) is 0. The van der Waals surface area contributed by atoms with Crippen molar-refractivity contribution in [3.05, 3.63) is 593 Å². The van der Waals surface area contributed by atoms with E-state index in [0.29, 0.717) is 9.50 Å². The molecule has 0 fully saturated rings. The summed E-state index contributed by atoms with van der Waals surface area (Å²) in [5.41, 5.74) is 40.2. The second-order valence-electron chi connectivity index (χ2n) is 39.2. The first-order chi connectivity index (χ1) is 69.9. The van der Waals surface area contributed by atoms with Crippen LogP contribution in [-0.2, 0) is 23.4 Å². The molecule has 0 N–H and O–H groups in total. The summed E-state index contributed by atoms with van der Waals surface area (Å²) < 4.78 is 13.4. The Kier molecular flexibility index (Phi) is 24.5. The van der Waals surface area contributed by atoms with Crippen LogP contribution in [0.5, 0.6) is 0 Å². The summed E-state index contributed by atoms with van der Waals surface area (Å²) in [6, 6.07) is 190. The van der Waals surface area contributed by atoms with E-state index in [4.69, 9.17) is 0 Å². The van der Waals surface area contributed by atoms with Crippen molar-refractivity contribution < 1.29 is 0 Å². The van der Waals surface area contributed by atoms with E-state index in [-0.39, 0.29) is 17.0 Å². The van der Waals surface area contributed by atoms with E-state index in [1.807, 2.05) is 0 Å². The number of halogens is 4. The zero-order valence-electron chi connectivity index (χ0n) is 80.0. The van der Waals surface area contributed by atoms with Gasteiger partial charge in [-0.05, 0) is 28.7 Å². The van der Waals surface area contributed by atoms with Crippen LogP contribution in [0.4, 0.5) is 0 Å². The van der Waals surface area contributed by atoms with Gasteiger partial charge < -0.3 is 0 Å². The van der Waals surface area contributed by atoms with Crippen LogP contribution in [0.15, 0.2) is 515 Å². The zero-order valence-corrected chi connectivity index (χ0v) is 92.7. The van der Waals surface area contributed by atoms with E-state index in [0.717, 1.165) is 50.0 Å². The first-order valence-electron chi connectivity index (χ1n) is 50.4. The molecular formula is C135H106Br4Ge3. The maximum Gasteiger partial charge on any atom is -0.00135 e. The van der Waals surface area contributed by atoms with Gasteiger partial charge in [-0.25, -0.2) is 0 Å². The molecule has 0 atom stereocenters. The Balaban J connectivity index is 0.000000108. The summed E-state index contributed by atoms with van der Waals surface area (Å²) in [5, 5.41) is 0. The van der Waals surface area contributed by atoms with Crippen molar-refractivity contribution in [1.29, 1.82) is 0 Å². The molecule has 7 aliphatic carbocycles. The van der Waals surface area contributed by atoms with Gasteiger partial charge in [0.2, 0.25) is 0 Å². The van der Waals surface area contributed by atoms with Crippen molar-refractivity contribution in [2.24, 2.45) is 0 Å². The molecule has 20 aromatic carbocycles. The maximum atomic E-state index is 3.97. The van der Waals surface area contributed by atoms with Crippen molar-refractivity contribution in [2.45, 2.75) is 86.3 Å². The second-order valence-corrected chi connectivity index (χ2v) is 69.7. The second kappa shape index (κ2) is 37.6. The molecule has 20 aromatic rings. The first kappa shape index (κ1) is 92.4. The molecule has 0 unspecified atom stereocenters. The van der Waals surface area contributed by atoms with Crippen LogP contribution in [-0.4, -0.2) is 39.8 Å². The van der Waals surface area contributed by atoms with Crippen LogP contribution < -0.4 is 26.4 Å².